The molecule has 2 aromatic carbocycles. The van der Waals surface area contributed by atoms with E-state index in [4.69, 9.17) is 0 Å². The molecule has 162 valence electrons. The van der Waals surface area contributed by atoms with Crippen molar-refractivity contribution in [2.45, 2.75) is 32.2 Å². The van der Waals surface area contributed by atoms with E-state index in [0.29, 0.717) is 5.69 Å². The van der Waals surface area contributed by atoms with Gasteiger partial charge in [-0.2, -0.15) is 0 Å². The second kappa shape index (κ2) is 8.02. The first kappa shape index (κ1) is 20.8. The lowest BCUT2D eigenvalue weighted by Crippen LogP contribution is -2.42. The smallest absolute Gasteiger partial charge is 0.325 e. The molecule has 0 radical (unpaired) electrons. The Bertz CT molecular complexity index is 1050. The van der Waals surface area contributed by atoms with Gasteiger partial charge in [0.15, 0.2) is 0 Å². The molecule has 0 bridgehead atoms. The Balaban J connectivity index is 1.46. The van der Waals surface area contributed by atoms with Crippen molar-refractivity contribution in [3.8, 4) is 0 Å². The normalized spacial score (nSPS) is 20.9. The molecule has 7 nitrogen and oxygen atoms in total. The van der Waals surface area contributed by atoms with Gasteiger partial charge in [0.25, 0.3) is 5.91 Å². The topological polar surface area (TPSA) is 81.8 Å². The Morgan fingerprint density at radius 2 is 1.87 bits per heavy atom. The van der Waals surface area contributed by atoms with E-state index in [1.54, 1.807) is 6.07 Å². The molecule has 2 fully saturated rings. The molecule has 2 aliphatic heterocycles. The lowest BCUT2D eigenvalue weighted by atomic mass is 9.91. The molecule has 0 aliphatic carbocycles. The summed E-state index contributed by atoms with van der Waals surface area (Å²) in [5, 5.41) is 5.29. The molecule has 2 aromatic rings. The number of hydrogen-bond acceptors (Lipinski definition) is 4. The van der Waals surface area contributed by atoms with E-state index in [2.05, 4.69) is 15.5 Å². The van der Waals surface area contributed by atoms with Gasteiger partial charge in [0.05, 0.1) is 0 Å². The highest BCUT2D eigenvalue weighted by atomic mass is 19.1. The van der Waals surface area contributed by atoms with Gasteiger partial charge in [0, 0.05) is 30.0 Å². The van der Waals surface area contributed by atoms with Gasteiger partial charge < -0.3 is 15.5 Å². The zero-order valence-corrected chi connectivity index (χ0v) is 17.6. The van der Waals surface area contributed by atoms with E-state index in [-0.39, 0.29) is 5.56 Å². The molecule has 0 aromatic heterocycles. The number of amides is 4. The number of halogens is 1. The highest BCUT2D eigenvalue weighted by Gasteiger charge is 2.50. The Morgan fingerprint density at radius 3 is 2.55 bits per heavy atom. The van der Waals surface area contributed by atoms with Crippen LogP contribution in [0.4, 0.5) is 20.6 Å². The first-order valence-corrected chi connectivity index (χ1v) is 10.3. The van der Waals surface area contributed by atoms with E-state index in [0.717, 1.165) is 29.2 Å². The molecular weight excluding hydrogens is 399 g/mol. The van der Waals surface area contributed by atoms with Crippen LogP contribution in [0.5, 0.6) is 0 Å². The molecule has 2 saturated heterocycles. The van der Waals surface area contributed by atoms with E-state index in [1.165, 1.54) is 38.0 Å². The summed E-state index contributed by atoms with van der Waals surface area (Å²) >= 11 is 0. The van der Waals surface area contributed by atoms with Gasteiger partial charge in [-0.25, -0.2) is 9.18 Å². The zero-order chi connectivity index (χ0) is 22.2. The number of rotatable bonds is 5. The number of aryl methyl sites for hydroxylation is 1. The highest BCUT2D eigenvalue weighted by Crippen LogP contribution is 2.31. The third-order valence-corrected chi connectivity index (χ3v) is 5.94. The summed E-state index contributed by atoms with van der Waals surface area (Å²) in [4.78, 5) is 41.1. The fraction of sp³-hybridized carbons (Fsp3) is 0.348. The van der Waals surface area contributed by atoms with Gasteiger partial charge >= 0.3 is 6.03 Å². The van der Waals surface area contributed by atoms with Crippen molar-refractivity contribution in [2.75, 3.05) is 29.9 Å². The molecule has 2 N–H and O–H groups in total. The van der Waals surface area contributed by atoms with Crippen LogP contribution in [-0.2, 0) is 15.1 Å². The first-order valence-electron chi connectivity index (χ1n) is 10.3. The largest absolute Gasteiger partial charge is 0.372 e. The fourth-order valence-electron chi connectivity index (χ4n) is 4.18. The summed E-state index contributed by atoms with van der Waals surface area (Å²) in [5.74, 6) is -1.77. The lowest BCUT2D eigenvalue weighted by Gasteiger charge is -2.22. The summed E-state index contributed by atoms with van der Waals surface area (Å²) < 4.78 is 14.2. The number of anilines is 2. The SMILES string of the molecule is Cc1cc(N2CCCC2)ccc1NC(=O)CN1C(=O)NC(C)(c2ccccc2F)C1=O. The van der Waals surface area contributed by atoms with Crippen LogP contribution in [-0.4, -0.2) is 42.4 Å². The second-order valence-corrected chi connectivity index (χ2v) is 8.17. The van der Waals surface area contributed by atoms with E-state index in [1.807, 2.05) is 25.1 Å². The average Bonchev–Trinajstić information content (AvgIpc) is 3.34. The predicted octanol–water partition coefficient (Wildman–Crippen LogP) is 3.14. The molecule has 4 rings (SSSR count). The van der Waals surface area contributed by atoms with Gasteiger partial charge in [0.1, 0.15) is 17.9 Å². The van der Waals surface area contributed by atoms with Crippen molar-refractivity contribution in [2.24, 2.45) is 0 Å². The molecule has 0 spiro atoms. The molecule has 1 atom stereocenters. The van der Waals surface area contributed by atoms with Crippen LogP contribution in [0.25, 0.3) is 0 Å². The summed E-state index contributed by atoms with van der Waals surface area (Å²) in [6, 6.07) is 10.8. The number of benzene rings is 2. The van der Waals surface area contributed by atoms with Crippen LogP contribution in [0, 0.1) is 12.7 Å². The molecule has 0 saturated carbocycles. The van der Waals surface area contributed by atoms with E-state index >= 15 is 0 Å². The van der Waals surface area contributed by atoms with Crippen molar-refractivity contribution in [1.82, 2.24) is 10.2 Å². The quantitative estimate of drug-likeness (QED) is 0.723. The van der Waals surface area contributed by atoms with E-state index < -0.39 is 35.7 Å². The summed E-state index contributed by atoms with van der Waals surface area (Å²) in [5.41, 5.74) is 1.13. The van der Waals surface area contributed by atoms with Crippen LogP contribution in [0.15, 0.2) is 42.5 Å². The van der Waals surface area contributed by atoms with Crippen molar-refractivity contribution in [3.05, 3.63) is 59.4 Å². The Morgan fingerprint density at radius 1 is 1.16 bits per heavy atom. The number of urea groups is 1. The summed E-state index contributed by atoms with van der Waals surface area (Å²) in [6.45, 7) is 4.93. The minimum atomic E-state index is -1.56. The maximum atomic E-state index is 14.2. The van der Waals surface area contributed by atoms with Crippen molar-refractivity contribution in [3.63, 3.8) is 0 Å². The number of nitrogens with one attached hydrogen (secondary N) is 2. The second-order valence-electron chi connectivity index (χ2n) is 8.17. The molecule has 1 unspecified atom stereocenters. The van der Waals surface area contributed by atoms with E-state index in [9.17, 15) is 18.8 Å². The number of nitrogens with zero attached hydrogens (tertiary/aromatic N) is 2. The van der Waals surface area contributed by atoms with Gasteiger partial charge in [-0.3, -0.25) is 14.5 Å². The minimum absolute atomic E-state index is 0.0598. The molecule has 2 heterocycles. The van der Waals surface area contributed by atoms with Gasteiger partial charge in [-0.1, -0.05) is 18.2 Å². The molecule has 2 aliphatic rings. The summed E-state index contributed by atoms with van der Waals surface area (Å²) in [7, 11) is 0. The number of carbonyl (C=O) groups is 3. The zero-order valence-electron chi connectivity index (χ0n) is 17.6. The van der Waals surface area contributed by atoms with Crippen LogP contribution in [0.1, 0.15) is 30.9 Å². The van der Waals surface area contributed by atoms with Crippen molar-refractivity contribution in [1.29, 1.82) is 0 Å². The summed E-state index contributed by atoms with van der Waals surface area (Å²) in [6.07, 6.45) is 2.35. The Hall–Kier alpha value is -3.42. The van der Waals surface area contributed by atoms with Crippen molar-refractivity contribution >= 4 is 29.2 Å². The van der Waals surface area contributed by atoms with Gasteiger partial charge in [-0.15, -0.1) is 0 Å². The fourth-order valence-corrected chi connectivity index (χ4v) is 4.18. The number of hydrogen-bond donors (Lipinski definition) is 2. The third kappa shape index (κ3) is 3.85. The maximum Gasteiger partial charge on any atom is 0.325 e. The van der Waals surface area contributed by atoms with Crippen LogP contribution >= 0.6 is 0 Å². The monoisotopic (exact) mass is 424 g/mol. The van der Waals surface area contributed by atoms with Gasteiger partial charge in [-0.05, 0) is 56.5 Å². The third-order valence-electron chi connectivity index (χ3n) is 5.94. The maximum absolute atomic E-state index is 14.2. The lowest BCUT2D eigenvalue weighted by molar-refractivity contribution is -0.133. The highest BCUT2D eigenvalue weighted by molar-refractivity contribution is 6.10. The Kier molecular flexibility index (Phi) is 5.39. The number of carbonyl (C=O) groups excluding carboxylic acids is 3. The molecule has 31 heavy (non-hydrogen) atoms. The van der Waals surface area contributed by atoms with Gasteiger partial charge in [0.2, 0.25) is 5.91 Å². The standard InChI is InChI=1S/C23H25FN4O3/c1-15-13-16(27-11-5-6-12-27)9-10-19(15)25-20(29)14-28-21(30)23(2,26-22(28)31)17-7-3-4-8-18(17)24/h3-4,7-10,13H,5-6,11-12,14H2,1-2H3,(H,25,29)(H,26,31). The van der Waals surface area contributed by atoms with Crippen molar-refractivity contribution < 1.29 is 18.8 Å². The first-order chi connectivity index (χ1) is 14.8. The molecular formula is C23H25FN4O3. The Labute approximate surface area is 180 Å². The van der Waals surface area contributed by atoms with Crippen LogP contribution in [0.3, 0.4) is 0 Å². The molecule has 4 amide bonds. The predicted molar refractivity (Wildman–Crippen MR) is 115 cm³/mol. The van der Waals surface area contributed by atoms with Crippen LogP contribution < -0.4 is 15.5 Å². The van der Waals surface area contributed by atoms with Crippen LogP contribution in [0.2, 0.25) is 0 Å². The number of imide groups is 1. The minimum Gasteiger partial charge on any atom is -0.372 e. The average molecular weight is 424 g/mol. The molecule has 8 heteroatoms.